The summed E-state index contributed by atoms with van der Waals surface area (Å²) < 4.78 is 5.20. The van der Waals surface area contributed by atoms with Crippen LogP contribution in [0, 0.1) is 23.2 Å². The van der Waals surface area contributed by atoms with Crippen LogP contribution >= 0.6 is 11.6 Å². The summed E-state index contributed by atoms with van der Waals surface area (Å²) in [7, 11) is 3.67. The highest BCUT2D eigenvalue weighted by atomic mass is 35.5. The van der Waals surface area contributed by atoms with Gasteiger partial charge in [0.2, 0.25) is 0 Å². The van der Waals surface area contributed by atoms with Gasteiger partial charge in [-0.2, -0.15) is 5.26 Å². The second kappa shape index (κ2) is 16.9. The molecular weight excluding hydrogens is 464 g/mol. The van der Waals surface area contributed by atoms with Crippen LogP contribution in [0.25, 0.3) is 0 Å². The van der Waals surface area contributed by atoms with Crippen LogP contribution in [0.15, 0.2) is 36.4 Å². The molecule has 0 saturated heterocycles. The Hall–Kier alpha value is -2.59. The maximum Gasteiger partial charge on any atom is 0.150 e. The van der Waals surface area contributed by atoms with Gasteiger partial charge in [-0.15, -0.1) is 0 Å². The largest absolute Gasteiger partial charge is 0.506 e. The molecule has 0 unspecified atom stereocenters. The number of methoxy groups -OCH3 is 1. The number of hydrogen-bond donors (Lipinski definition) is 3. The maximum absolute atomic E-state index is 10.1. The number of carbonyl (C=O) groups excluding carboxylic acids is 1. The normalized spacial score (nSPS) is 16.7. The third-order valence-electron chi connectivity index (χ3n) is 6.09. The van der Waals surface area contributed by atoms with Crippen molar-refractivity contribution in [1.82, 2.24) is 5.32 Å². The molecule has 2 aromatic rings. The highest BCUT2D eigenvalue weighted by molar-refractivity contribution is 6.32. The molecule has 0 atom stereocenters. The maximum atomic E-state index is 10.1. The van der Waals surface area contributed by atoms with E-state index in [0.29, 0.717) is 29.9 Å². The fraction of sp³-hybridized carbons (Fsp3) is 0.500. The number of ether oxygens (including phenoxy) is 1. The first kappa shape index (κ1) is 30.4. The standard InChI is InChI=1S/C11H13NO.C10H21NO.C7H5ClO2/c1-8(2)10-6-9(7-12)4-5-11(10)13-3;1-11-8-10-4-2-9(3-5-10)6-7-12;8-6-3-5(4-9)1-2-7(6)10/h4-6,8H,1-3H3;9-12H,2-8H2,1H3;1-4,10H. The van der Waals surface area contributed by atoms with Crippen molar-refractivity contribution in [2.75, 3.05) is 27.3 Å². The third-order valence-corrected chi connectivity index (χ3v) is 6.39. The van der Waals surface area contributed by atoms with Crippen molar-refractivity contribution in [2.24, 2.45) is 11.8 Å². The van der Waals surface area contributed by atoms with Gasteiger partial charge >= 0.3 is 0 Å². The summed E-state index contributed by atoms with van der Waals surface area (Å²) in [5.74, 6) is 2.93. The topological polar surface area (TPSA) is 103 Å². The van der Waals surface area contributed by atoms with E-state index in [0.717, 1.165) is 29.6 Å². The molecule has 35 heavy (non-hydrogen) atoms. The van der Waals surface area contributed by atoms with E-state index in [1.165, 1.54) is 50.4 Å². The molecule has 2 aromatic carbocycles. The first-order valence-electron chi connectivity index (χ1n) is 12.1. The van der Waals surface area contributed by atoms with E-state index in [9.17, 15) is 4.79 Å². The Balaban J connectivity index is 0.000000265. The van der Waals surface area contributed by atoms with Gasteiger partial charge in [-0.25, -0.2) is 0 Å². The van der Waals surface area contributed by atoms with Crippen LogP contribution in [-0.2, 0) is 0 Å². The van der Waals surface area contributed by atoms with Crippen LogP contribution in [0.2, 0.25) is 5.02 Å². The number of halogens is 1. The molecule has 0 heterocycles. The molecule has 1 fully saturated rings. The van der Waals surface area contributed by atoms with Crippen molar-refractivity contribution >= 4 is 17.9 Å². The molecule has 1 saturated carbocycles. The zero-order chi connectivity index (χ0) is 26.2. The number of phenols is 1. The summed E-state index contributed by atoms with van der Waals surface area (Å²) in [5, 5.41) is 29.8. The quantitative estimate of drug-likeness (QED) is 0.405. The number of rotatable bonds is 7. The van der Waals surface area contributed by atoms with Gasteiger partial charge in [0, 0.05) is 12.2 Å². The molecule has 3 N–H and O–H groups in total. The van der Waals surface area contributed by atoms with E-state index in [2.05, 4.69) is 25.2 Å². The lowest BCUT2D eigenvalue weighted by Crippen LogP contribution is -2.24. The number of nitrogens with one attached hydrogen (secondary N) is 1. The van der Waals surface area contributed by atoms with Crippen LogP contribution in [0.4, 0.5) is 0 Å². The van der Waals surface area contributed by atoms with Crippen LogP contribution in [-0.4, -0.2) is 43.8 Å². The number of aromatic hydroxyl groups is 1. The molecule has 192 valence electrons. The van der Waals surface area contributed by atoms with Gasteiger partial charge in [-0.05, 0) is 92.6 Å². The number of carbonyl (C=O) groups is 1. The summed E-state index contributed by atoms with van der Waals surface area (Å²) in [6.45, 7) is 5.71. The van der Waals surface area contributed by atoms with Crippen LogP contribution < -0.4 is 10.1 Å². The smallest absolute Gasteiger partial charge is 0.150 e. The van der Waals surface area contributed by atoms with Gasteiger partial charge in [0.25, 0.3) is 0 Å². The molecule has 0 bridgehead atoms. The molecule has 1 aliphatic rings. The second-order valence-electron chi connectivity index (χ2n) is 9.01. The van der Waals surface area contributed by atoms with Gasteiger partial charge in [0.05, 0.1) is 23.8 Å². The predicted octanol–water partition coefficient (Wildman–Crippen LogP) is 5.94. The van der Waals surface area contributed by atoms with Crippen LogP contribution in [0.3, 0.4) is 0 Å². The van der Waals surface area contributed by atoms with Gasteiger partial charge in [0.1, 0.15) is 17.8 Å². The van der Waals surface area contributed by atoms with Crippen molar-refractivity contribution in [2.45, 2.75) is 51.9 Å². The summed E-state index contributed by atoms with van der Waals surface area (Å²) in [6.07, 6.45) is 7.05. The Kier molecular flexibility index (Phi) is 14.7. The second-order valence-corrected chi connectivity index (χ2v) is 9.42. The van der Waals surface area contributed by atoms with E-state index in [-0.39, 0.29) is 10.8 Å². The van der Waals surface area contributed by atoms with Gasteiger partial charge in [-0.3, -0.25) is 4.79 Å². The van der Waals surface area contributed by atoms with Crippen LogP contribution in [0.1, 0.15) is 73.4 Å². The molecule has 3 rings (SSSR count). The number of aliphatic hydroxyl groups is 1. The fourth-order valence-electron chi connectivity index (χ4n) is 4.05. The number of phenolic OH excluding ortho intramolecular Hbond substituents is 1. The van der Waals surface area contributed by atoms with Crippen molar-refractivity contribution in [3.05, 3.63) is 58.1 Å². The Morgan fingerprint density at radius 1 is 1.17 bits per heavy atom. The Bertz CT molecular complexity index is 921. The number of hydrogen-bond acceptors (Lipinski definition) is 6. The molecular formula is C28H39ClN2O4. The van der Waals surface area contributed by atoms with Gasteiger partial charge in [0.15, 0.2) is 0 Å². The van der Waals surface area contributed by atoms with E-state index in [4.69, 9.17) is 31.8 Å². The molecule has 0 aromatic heterocycles. The zero-order valence-electron chi connectivity index (χ0n) is 21.3. The fourth-order valence-corrected chi connectivity index (χ4v) is 4.24. The van der Waals surface area contributed by atoms with E-state index in [1.807, 2.05) is 19.2 Å². The minimum Gasteiger partial charge on any atom is -0.506 e. The number of nitrogens with zero attached hydrogens (tertiary/aromatic N) is 1. The lowest BCUT2D eigenvalue weighted by atomic mass is 9.81. The molecule has 7 heteroatoms. The SMILES string of the molecule is CNCC1CCC(CCO)CC1.COc1ccc(C#N)cc1C(C)C.O=Cc1ccc(O)c(Cl)c1. The van der Waals surface area contributed by atoms with Gasteiger partial charge in [-0.1, -0.05) is 38.3 Å². The molecule has 0 amide bonds. The van der Waals surface area contributed by atoms with Crippen molar-refractivity contribution in [1.29, 1.82) is 5.26 Å². The monoisotopic (exact) mass is 502 g/mol. The van der Waals surface area contributed by atoms with Crippen LogP contribution in [0.5, 0.6) is 11.5 Å². The Morgan fingerprint density at radius 3 is 2.31 bits per heavy atom. The number of nitriles is 1. The highest BCUT2D eigenvalue weighted by Gasteiger charge is 2.19. The summed E-state index contributed by atoms with van der Waals surface area (Å²) in [4.78, 5) is 10.1. The van der Waals surface area contributed by atoms with Gasteiger partial charge < -0.3 is 20.3 Å². The summed E-state index contributed by atoms with van der Waals surface area (Å²) in [5.41, 5.74) is 2.23. The number of aldehydes is 1. The van der Waals surface area contributed by atoms with Crippen molar-refractivity contribution < 1.29 is 19.7 Å². The first-order valence-corrected chi connectivity index (χ1v) is 12.4. The lowest BCUT2D eigenvalue weighted by molar-refractivity contribution is 0.112. The minimum atomic E-state index is -0.00716. The average Bonchev–Trinajstić information content (AvgIpc) is 2.87. The number of benzene rings is 2. The Labute approximate surface area is 214 Å². The first-order chi connectivity index (χ1) is 16.8. The summed E-state index contributed by atoms with van der Waals surface area (Å²) in [6, 6.07) is 11.9. The average molecular weight is 503 g/mol. The predicted molar refractivity (Wildman–Crippen MR) is 141 cm³/mol. The third kappa shape index (κ3) is 11.1. The molecule has 6 nitrogen and oxygen atoms in total. The molecule has 0 radical (unpaired) electrons. The van der Waals surface area contributed by atoms with Crippen molar-refractivity contribution in [3.8, 4) is 17.6 Å². The molecule has 0 aliphatic heterocycles. The lowest BCUT2D eigenvalue weighted by Gasteiger charge is -2.27. The minimum absolute atomic E-state index is 0.00716. The number of aliphatic hydroxyl groups excluding tert-OH is 1. The Morgan fingerprint density at radius 2 is 1.83 bits per heavy atom. The van der Waals surface area contributed by atoms with E-state index >= 15 is 0 Å². The summed E-state index contributed by atoms with van der Waals surface area (Å²) >= 11 is 5.48. The van der Waals surface area contributed by atoms with E-state index < -0.39 is 0 Å². The molecule has 1 aliphatic carbocycles. The van der Waals surface area contributed by atoms with E-state index in [1.54, 1.807) is 13.2 Å². The highest BCUT2D eigenvalue weighted by Crippen LogP contribution is 2.30. The molecule has 0 spiro atoms. The zero-order valence-corrected chi connectivity index (χ0v) is 22.0. The van der Waals surface area contributed by atoms with Crippen molar-refractivity contribution in [3.63, 3.8) is 0 Å².